The molecular weight excluding hydrogens is 194 g/mol. The summed E-state index contributed by atoms with van der Waals surface area (Å²) in [6.45, 7) is 1.99. The van der Waals surface area contributed by atoms with Gasteiger partial charge in [-0.3, -0.25) is 4.79 Å². The summed E-state index contributed by atoms with van der Waals surface area (Å²) in [6.07, 6.45) is 4.43. The van der Waals surface area contributed by atoms with Crippen LogP contribution in [0.4, 0.5) is 0 Å². The van der Waals surface area contributed by atoms with Crippen LogP contribution in [0.15, 0.2) is 23.1 Å². The Morgan fingerprint density at radius 1 is 1.47 bits per heavy atom. The third-order valence-electron chi connectivity index (χ3n) is 3.17. The summed E-state index contributed by atoms with van der Waals surface area (Å²) in [7, 11) is 0. The van der Waals surface area contributed by atoms with Crippen molar-refractivity contribution < 1.29 is 9.90 Å². The van der Waals surface area contributed by atoms with Gasteiger partial charge < -0.3 is 9.67 Å². The lowest BCUT2D eigenvalue weighted by molar-refractivity contribution is 0.0694. The van der Waals surface area contributed by atoms with Crippen LogP contribution in [0.2, 0.25) is 0 Å². The molecule has 1 aromatic rings. The minimum atomic E-state index is -0.994. The van der Waals surface area contributed by atoms with Crippen LogP contribution in [0.3, 0.4) is 0 Å². The second-order valence-electron chi connectivity index (χ2n) is 4.28. The quantitative estimate of drug-likeness (QED) is 0.798. The van der Waals surface area contributed by atoms with E-state index in [2.05, 4.69) is 0 Å². The van der Waals surface area contributed by atoms with Crippen LogP contribution in [0.1, 0.15) is 36.5 Å². The highest BCUT2D eigenvalue weighted by atomic mass is 16.4. The lowest BCUT2D eigenvalue weighted by Gasteiger charge is -2.40. The predicted molar refractivity (Wildman–Crippen MR) is 55.2 cm³/mol. The van der Waals surface area contributed by atoms with Crippen LogP contribution in [0.5, 0.6) is 0 Å². The van der Waals surface area contributed by atoms with E-state index in [-0.39, 0.29) is 16.7 Å². The molecule has 0 unspecified atom stereocenters. The van der Waals surface area contributed by atoms with Gasteiger partial charge in [0, 0.05) is 17.8 Å². The summed E-state index contributed by atoms with van der Waals surface area (Å²) in [5.74, 6) is -0.994. The van der Waals surface area contributed by atoms with Crippen molar-refractivity contribution in [1.29, 1.82) is 0 Å². The fraction of sp³-hybridized carbons (Fsp3) is 0.455. The first-order valence-electron chi connectivity index (χ1n) is 4.99. The maximum Gasteiger partial charge on any atom is 0.337 e. The molecule has 1 aliphatic carbocycles. The van der Waals surface area contributed by atoms with Crippen molar-refractivity contribution >= 4 is 5.97 Å². The van der Waals surface area contributed by atoms with Gasteiger partial charge in [-0.25, -0.2) is 4.79 Å². The van der Waals surface area contributed by atoms with Crippen molar-refractivity contribution in [2.75, 3.05) is 0 Å². The van der Waals surface area contributed by atoms with Crippen LogP contribution < -0.4 is 5.56 Å². The molecule has 15 heavy (non-hydrogen) atoms. The summed E-state index contributed by atoms with van der Waals surface area (Å²) in [5, 5.41) is 8.84. The first-order chi connectivity index (χ1) is 7.03. The minimum Gasteiger partial charge on any atom is -0.478 e. The van der Waals surface area contributed by atoms with Crippen molar-refractivity contribution in [3.63, 3.8) is 0 Å². The Hall–Kier alpha value is -1.58. The van der Waals surface area contributed by atoms with Crippen molar-refractivity contribution in [1.82, 2.24) is 4.57 Å². The Balaban J connectivity index is 2.50. The zero-order chi connectivity index (χ0) is 11.1. The lowest BCUT2D eigenvalue weighted by atomic mass is 9.78. The minimum absolute atomic E-state index is 0.123. The molecule has 0 spiro atoms. The zero-order valence-electron chi connectivity index (χ0n) is 8.56. The summed E-state index contributed by atoms with van der Waals surface area (Å²) in [6, 6.07) is 2.68. The fourth-order valence-electron chi connectivity index (χ4n) is 1.96. The maximum atomic E-state index is 11.6. The van der Waals surface area contributed by atoms with E-state index >= 15 is 0 Å². The van der Waals surface area contributed by atoms with Gasteiger partial charge in [-0.1, -0.05) is 0 Å². The highest BCUT2D eigenvalue weighted by molar-refractivity contribution is 5.87. The highest BCUT2D eigenvalue weighted by Gasteiger charge is 2.34. The maximum absolute atomic E-state index is 11.6. The molecule has 0 amide bonds. The SMILES string of the molecule is CC1(n2cc(C(=O)O)ccc2=O)CCC1. The van der Waals surface area contributed by atoms with E-state index < -0.39 is 5.97 Å². The molecule has 0 aromatic carbocycles. The van der Waals surface area contributed by atoms with Gasteiger partial charge in [0.2, 0.25) is 0 Å². The van der Waals surface area contributed by atoms with E-state index in [0.717, 1.165) is 19.3 Å². The van der Waals surface area contributed by atoms with Crippen molar-refractivity contribution in [3.05, 3.63) is 34.2 Å². The molecule has 1 aliphatic rings. The number of hydrogen-bond acceptors (Lipinski definition) is 2. The average Bonchev–Trinajstić information content (AvgIpc) is 2.14. The van der Waals surface area contributed by atoms with Gasteiger partial charge in [0.15, 0.2) is 0 Å². The topological polar surface area (TPSA) is 59.3 Å². The Morgan fingerprint density at radius 2 is 2.13 bits per heavy atom. The third kappa shape index (κ3) is 1.56. The predicted octanol–water partition coefficient (Wildman–Crippen LogP) is 1.45. The Labute approximate surface area is 87.2 Å². The number of rotatable bonds is 2. The molecule has 1 heterocycles. The number of hydrogen-bond donors (Lipinski definition) is 1. The molecule has 4 heteroatoms. The van der Waals surface area contributed by atoms with Crippen molar-refractivity contribution in [2.45, 2.75) is 31.7 Å². The molecule has 0 radical (unpaired) electrons. The number of nitrogens with zero attached hydrogens (tertiary/aromatic N) is 1. The summed E-state index contributed by atoms with van der Waals surface area (Å²) < 4.78 is 1.56. The average molecular weight is 207 g/mol. The number of carboxylic acids is 1. The van der Waals surface area contributed by atoms with Crippen molar-refractivity contribution in [2.24, 2.45) is 0 Å². The van der Waals surface area contributed by atoms with Crippen LogP contribution >= 0.6 is 0 Å². The Morgan fingerprint density at radius 3 is 2.60 bits per heavy atom. The largest absolute Gasteiger partial charge is 0.478 e. The summed E-state index contributed by atoms with van der Waals surface area (Å²) >= 11 is 0. The van der Waals surface area contributed by atoms with Crippen molar-refractivity contribution in [3.8, 4) is 0 Å². The van der Waals surface area contributed by atoms with Gasteiger partial charge in [0.05, 0.1) is 5.56 Å². The third-order valence-corrected chi connectivity index (χ3v) is 3.17. The monoisotopic (exact) mass is 207 g/mol. The van der Waals surface area contributed by atoms with Crippen LogP contribution in [0.25, 0.3) is 0 Å². The van der Waals surface area contributed by atoms with Gasteiger partial charge >= 0.3 is 5.97 Å². The van der Waals surface area contributed by atoms with E-state index in [1.165, 1.54) is 18.3 Å². The van der Waals surface area contributed by atoms with E-state index in [9.17, 15) is 9.59 Å². The Kier molecular flexibility index (Phi) is 2.14. The molecule has 80 valence electrons. The lowest BCUT2D eigenvalue weighted by Crippen LogP contribution is -2.43. The molecule has 0 aliphatic heterocycles. The van der Waals surface area contributed by atoms with Gasteiger partial charge in [0.25, 0.3) is 5.56 Å². The molecule has 0 saturated heterocycles. The first kappa shape index (κ1) is 9.96. The van der Waals surface area contributed by atoms with E-state index in [4.69, 9.17) is 5.11 Å². The first-order valence-corrected chi connectivity index (χ1v) is 4.99. The number of aromatic carboxylic acids is 1. The standard InChI is InChI=1S/C11H13NO3/c1-11(5-2-6-11)12-7-8(10(14)15)3-4-9(12)13/h3-4,7H,2,5-6H2,1H3,(H,14,15). The smallest absolute Gasteiger partial charge is 0.337 e. The molecule has 0 atom stereocenters. The van der Waals surface area contributed by atoms with Gasteiger partial charge in [0.1, 0.15) is 0 Å². The van der Waals surface area contributed by atoms with Gasteiger partial charge in [-0.05, 0) is 32.3 Å². The molecule has 1 saturated carbocycles. The molecule has 4 nitrogen and oxygen atoms in total. The molecule has 1 N–H and O–H groups in total. The number of carboxylic acid groups (broad SMARTS) is 1. The second-order valence-corrected chi connectivity index (χ2v) is 4.28. The molecule has 1 fully saturated rings. The summed E-state index contributed by atoms with van der Waals surface area (Å²) in [5.41, 5.74) is -0.132. The van der Waals surface area contributed by atoms with E-state index in [1.807, 2.05) is 6.92 Å². The van der Waals surface area contributed by atoms with E-state index in [0.29, 0.717) is 0 Å². The van der Waals surface area contributed by atoms with Crippen LogP contribution in [0, 0.1) is 0 Å². The molecule has 1 aromatic heterocycles. The summed E-state index contributed by atoms with van der Waals surface area (Å²) in [4.78, 5) is 22.4. The second kappa shape index (κ2) is 3.22. The van der Waals surface area contributed by atoms with Gasteiger partial charge in [-0.2, -0.15) is 0 Å². The van der Waals surface area contributed by atoms with Crippen LogP contribution in [-0.4, -0.2) is 15.6 Å². The van der Waals surface area contributed by atoms with E-state index in [1.54, 1.807) is 4.57 Å². The molecular formula is C11H13NO3. The fourth-order valence-corrected chi connectivity index (χ4v) is 1.96. The zero-order valence-corrected chi connectivity index (χ0v) is 8.56. The molecule has 2 rings (SSSR count). The highest BCUT2D eigenvalue weighted by Crippen LogP contribution is 2.37. The number of carbonyl (C=O) groups is 1. The Bertz CT molecular complexity index is 457. The number of aromatic nitrogens is 1. The van der Waals surface area contributed by atoms with Gasteiger partial charge in [-0.15, -0.1) is 0 Å². The normalized spacial score (nSPS) is 18.2. The van der Waals surface area contributed by atoms with Crippen LogP contribution in [-0.2, 0) is 5.54 Å². The molecule has 0 bridgehead atoms. The number of pyridine rings is 1.